The number of halogens is 1. The molecule has 1 heterocycles. The van der Waals surface area contributed by atoms with E-state index >= 15 is 0 Å². The number of anilines is 2. The van der Waals surface area contributed by atoms with Gasteiger partial charge in [-0.25, -0.2) is 0 Å². The molecule has 26 heavy (non-hydrogen) atoms. The van der Waals surface area contributed by atoms with E-state index in [2.05, 4.69) is 10.3 Å². The van der Waals surface area contributed by atoms with Crippen molar-refractivity contribution in [2.75, 3.05) is 12.4 Å². The lowest BCUT2D eigenvalue weighted by Gasteiger charge is -2.17. The minimum Gasteiger partial charge on any atom is -0.355 e. The Hall–Kier alpha value is -2.85. The molecule has 0 aliphatic rings. The van der Waals surface area contributed by atoms with Crippen LogP contribution in [0, 0.1) is 6.92 Å². The van der Waals surface area contributed by atoms with Crippen molar-refractivity contribution in [2.24, 2.45) is 0 Å². The number of carbonyl (C=O) groups is 1. The number of nitrogens with one attached hydrogen (secondary N) is 1. The number of carbonyl (C=O) groups excluding carboxylic acids is 1. The average Bonchev–Trinajstić information content (AvgIpc) is 2.66. The molecule has 3 aromatic rings. The third-order valence-corrected chi connectivity index (χ3v) is 4.54. The van der Waals surface area contributed by atoms with Crippen molar-refractivity contribution in [3.63, 3.8) is 0 Å². The Morgan fingerprint density at radius 2 is 1.88 bits per heavy atom. The smallest absolute Gasteiger partial charge is 0.272 e. The number of hydrogen-bond donors (Lipinski definition) is 1. The van der Waals surface area contributed by atoms with Gasteiger partial charge in [0.25, 0.3) is 5.91 Å². The summed E-state index contributed by atoms with van der Waals surface area (Å²) in [6, 6.07) is 19.1. The van der Waals surface area contributed by atoms with Gasteiger partial charge in [-0.2, -0.15) is 0 Å². The molecular formula is C21H20ClN3O. The molecule has 1 N–H and O–H groups in total. The highest BCUT2D eigenvalue weighted by Crippen LogP contribution is 2.26. The quantitative estimate of drug-likeness (QED) is 0.687. The first-order valence-electron chi connectivity index (χ1n) is 8.32. The normalized spacial score (nSPS) is 10.4. The SMILES string of the molecule is Cc1c(Cl)cccc1Nc1ccnc(C(=O)N(C)Cc2ccccc2)c1. The molecule has 2 aromatic carbocycles. The van der Waals surface area contributed by atoms with Gasteiger partial charge >= 0.3 is 0 Å². The van der Waals surface area contributed by atoms with Gasteiger partial charge in [-0.1, -0.05) is 48.0 Å². The van der Waals surface area contributed by atoms with E-state index in [9.17, 15) is 4.79 Å². The zero-order chi connectivity index (χ0) is 18.5. The minimum atomic E-state index is -0.125. The summed E-state index contributed by atoms with van der Waals surface area (Å²) in [5.74, 6) is -0.125. The van der Waals surface area contributed by atoms with Gasteiger partial charge in [0.2, 0.25) is 0 Å². The number of aromatic nitrogens is 1. The Labute approximate surface area is 158 Å². The largest absolute Gasteiger partial charge is 0.355 e. The highest BCUT2D eigenvalue weighted by molar-refractivity contribution is 6.31. The lowest BCUT2D eigenvalue weighted by Crippen LogP contribution is -2.27. The van der Waals surface area contributed by atoms with Crippen LogP contribution in [-0.2, 0) is 6.54 Å². The summed E-state index contributed by atoms with van der Waals surface area (Å²) < 4.78 is 0. The van der Waals surface area contributed by atoms with Gasteiger partial charge in [0.1, 0.15) is 5.69 Å². The topological polar surface area (TPSA) is 45.2 Å². The number of amides is 1. The second kappa shape index (κ2) is 8.02. The fourth-order valence-electron chi connectivity index (χ4n) is 2.65. The van der Waals surface area contributed by atoms with E-state index in [1.807, 2.05) is 61.5 Å². The number of nitrogens with zero attached hydrogens (tertiary/aromatic N) is 2. The number of hydrogen-bond acceptors (Lipinski definition) is 3. The van der Waals surface area contributed by atoms with E-state index in [-0.39, 0.29) is 5.91 Å². The zero-order valence-electron chi connectivity index (χ0n) is 14.7. The Morgan fingerprint density at radius 1 is 1.12 bits per heavy atom. The van der Waals surface area contributed by atoms with Crippen LogP contribution in [0.5, 0.6) is 0 Å². The Kier molecular flexibility index (Phi) is 5.54. The van der Waals surface area contributed by atoms with Gasteiger partial charge in [-0.3, -0.25) is 9.78 Å². The molecular weight excluding hydrogens is 346 g/mol. The molecule has 132 valence electrons. The van der Waals surface area contributed by atoms with E-state index in [0.29, 0.717) is 17.3 Å². The van der Waals surface area contributed by atoms with E-state index in [1.165, 1.54) is 0 Å². The van der Waals surface area contributed by atoms with Crippen molar-refractivity contribution in [1.29, 1.82) is 0 Å². The Morgan fingerprint density at radius 3 is 2.65 bits per heavy atom. The van der Waals surface area contributed by atoms with Crippen LogP contribution in [0.15, 0.2) is 66.9 Å². The highest BCUT2D eigenvalue weighted by atomic mass is 35.5. The first-order chi connectivity index (χ1) is 12.5. The van der Waals surface area contributed by atoms with Crippen LogP contribution >= 0.6 is 11.6 Å². The van der Waals surface area contributed by atoms with Crippen molar-refractivity contribution >= 4 is 28.9 Å². The fourth-order valence-corrected chi connectivity index (χ4v) is 2.82. The van der Waals surface area contributed by atoms with Crippen LogP contribution < -0.4 is 5.32 Å². The summed E-state index contributed by atoms with van der Waals surface area (Å²) in [5.41, 5.74) is 4.13. The lowest BCUT2D eigenvalue weighted by molar-refractivity contribution is 0.0779. The van der Waals surface area contributed by atoms with E-state index in [4.69, 9.17) is 11.6 Å². The van der Waals surface area contributed by atoms with Gasteiger partial charge in [0.05, 0.1) is 0 Å². The Balaban J connectivity index is 1.76. The minimum absolute atomic E-state index is 0.125. The van der Waals surface area contributed by atoms with Gasteiger partial charge in [0.15, 0.2) is 0 Å². The molecule has 0 aliphatic heterocycles. The molecule has 0 fully saturated rings. The summed E-state index contributed by atoms with van der Waals surface area (Å²) in [6.45, 7) is 2.48. The van der Waals surface area contributed by atoms with Crippen molar-refractivity contribution in [3.8, 4) is 0 Å². The summed E-state index contributed by atoms with van der Waals surface area (Å²) in [6.07, 6.45) is 1.63. The molecule has 4 nitrogen and oxygen atoms in total. The second-order valence-corrected chi connectivity index (χ2v) is 6.52. The third-order valence-electron chi connectivity index (χ3n) is 4.14. The van der Waals surface area contributed by atoms with Crippen LogP contribution in [-0.4, -0.2) is 22.8 Å². The summed E-state index contributed by atoms with van der Waals surface area (Å²) in [7, 11) is 1.78. The first kappa shape index (κ1) is 18.0. The second-order valence-electron chi connectivity index (χ2n) is 6.11. The van der Waals surface area contributed by atoms with Crippen LogP contribution in [0.3, 0.4) is 0 Å². The standard InChI is InChI=1S/C21H20ClN3O/c1-15-18(22)9-6-10-19(15)24-17-11-12-23-20(13-17)21(26)25(2)14-16-7-4-3-5-8-16/h3-13H,14H2,1-2H3,(H,23,24). The van der Waals surface area contributed by atoms with Gasteiger partial charge in [-0.15, -0.1) is 0 Å². The molecule has 0 bridgehead atoms. The van der Waals surface area contributed by atoms with Gasteiger partial charge in [-0.05, 0) is 42.3 Å². The molecule has 5 heteroatoms. The van der Waals surface area contributed by atoms with Crippen molar-refractivity contribution in [1.82, 2.24) is 9.88 Å². The van der Waals surface area contributed by atoms with Gasteiger partial charge < -0.3 is 10.2 Å². The van der Waals surface area contributed by atoms with Crippen LogP contribution in [0.2, 0.25) is 5.02 Å². The molecule has 0 aliphatic carbocycles. The van der Waals surface area contributed by atoms with Crippen molar-refractivity contribution < 1.29 is 4.79 Å². The average molecular weight is 366 g/mol. The molecule has 1 aromatic heterocycles. The van der Waals surface area contributed by atoms with Gasteiger partial charge in [0, 0.05) is 36.2 Å². The lowest BCUT2D eigenvalue weighted by atomic mass is 10.2. The summed E-state index contributed by atoms with van der Waals surface area (Å²) >= 11 is 6.17. The number of rotatable bonds is 5. The highest BCUT2D eigenvalue weighted by Gasteiger charge is 2.14. The zero-order valence-corrected chi connectivity index (χ0v) is 15.5. The maximum absolute atomic E-state index is 12.7. The van der Waals surface area contributed by atoms with E-state index in [1.54, 1.807) is 24.2 Å². The maximum atomic E-state index is 12.7. The van der Waals surface area contributed by atoms with E-state index < -0.39 is 0 Å². The van der Waals surface area contributed by atoms with E-state index in [0.717, 1.165) is 22.5 Å². The van der Waals surface area contributed by atoms with Crippen LogP contribution in [0.1, 0.15) is 21.6 Å². The number of benzene rings is 2. The van der Waals surface area contributed by atoms with Crippen molar-refractivity contribution in [3.05, 3.63) is 88.7 Å². The molecule has 0 saturated carbocycles. The molecule has 1 amide bonds. The molecule has 0 radical (unpaired) electrons. The summed E-state index contributed by atoms with van der Waals surface area (Å²) in [5, 5.41) is 4.00. The monoisotopic (exact) mass is 365 g/mol. The fraction of sp³-hybridized carbons (Fsp3) is 0.143. The van der Waals surface area contributed by atoms with Crippen LogP contribution in [0.4, 0.5) is 11.4 Å². The van der Waals surface area contributed by atoms with Crippen LogP contribution in [0.25, 0.3) is 0 Å². The maximum Gasteiger partial charge on any atom is 0.272 e. The van der Waals surface area contributed by atoms with Crippen molar-refractivity contribution in [2.45, 2.75) is 13.5 Å². The molecule has 0 atom stereocenters. The molecule has 0 spiro atoms. The molecule has 0 unspecified atom stereocenters. The predicted octanol–water partition coefficient (Wildman–Crippen LogP) is 5.06. The predicted molar refractivity (Wildman–Crippen MR) is 106 cm³/mol. The molecule has 0 saturated heterocycles. The first-order valence-corrected chi connectivity index (χ1v) is 8.70. The Bertz CT molecular complexity index is 912. The summed E-state index contributed by atoms with van der Waals surface area (Å²) in [4.78, 5) is 18.6. The number of pyridine rings is 1. The molecule has 3 rings (SSSR count). The third kappa shape index (κ3) is 4.21.